The predicted molar refractivity (Wildman–Crippen MR) is 56.5 cm³/mol. The fourth-order valence-corrected chi connectivity index (χ4v) is 1.44. The quantitative estimate of drug-likeness (QED) is 0.568. The molecule has 1 atom stereocenters. The van der Waals surface area contributed by atoms with Crippen LogP contribution in [-0.2, 0) is 0 Å². The molecular formula is C10H11BNO2. The molecule has 2 rings (SSSR count). The largest absolute Gasteiger partial charge is 0.482 e. The zero-order valence-electron chi connectivity index (χ0n) is 7.86. The lowest BCUT2D eigenvalue weighted by Crippen LogP contribution is -2.49. The average molecular weight is 188 g/mol. The number of nitrogens with one attached hydrogen (secondary N) is 1. The maximum atomic E-state index is 9.19. The summed E-state index contributed by atoms with van der Waals surface area (Å²) < 4.78 is 0. The van der Waals surface area contributed by atoms with Gasteiger partial charge in [-0.3, -0.25) is 0 Å². The molecule has 3 N–H and O–H groups in total. The Morgan fingerprint density at radius 2 is 2.29 bits per heavy atom. The Balaban J connectivity index is 2.38. The molecule has 4 heteroatoms. The van der Waals surface area contributed by atoms with E-state index in [4.69, 9.17) is 0 Å². The number of anilines is 1. The summed E-state index contributed by atoms with van der Waals surface area (Å²) >= 11 is 0. The van der Waals surface area contributed by atoms with Crippen molar-refractivity contribution in [2.24, 2.45) is 0 Å². The lowest BCUT2D eigenvalue weighted by molar-refractivity contribution is 0.378. The fraction of sp³-hybridized carbons (Fsp3) is 0.200. The Kier molecular flexibility index (Phi) is 2.09. The van der Waals surface area contributed by atoms with Gasteiger partial charge in [0.05, 0.1) is 5.44 Å². The molecular weight excluding hydrogens is 177 g/mol. The Bertz CT molecular complexity index is 378. The van der Waals surface area contributed by atoms with Crippen LogP contribution in [0.5, 0.6) is 0 Å². The van der Waals surface area contributed by atoms with Gasteiger partial charge in [-0.25, -0.2) is 0 Å². The molecule has 0 bridgehead atoms. The molecule has 1 aliphatic heterocycles. The molecule has 1 aromatic carbocycles. The second-order valence-electron chi connectivity index (χ2n) is 3.61. The molecule has 14 heavy (non-hydrogen) atoms. The number of fused-ring (bicyclic) bond motifs is 1. The van der Waals surface area contributed by atoms with Crippen LogP contribution in [0, 0.1) is 6.07 Å². The van der Waals surface area contributed by atoms with Crippen molar-refractivity contribution < 1.29 is 10.0 Å². The van der Waals surface area contributed by atoms with Crippen molar-refractivity contribution in [2.75, 3.05) is 5.32 Å². The molecule has 71 valence electrons. The molecule has 1 heterocycles. The van der Waals surface area contributed by atoms with Crippen LogP contribution < -0.4 is 5.32 Å². The standard InChI is InChI=1S/C10H11BNO2/c1-10(11(13)14)7-6-8-4-2-3-5-9(8)12-10/h2-3,5-7,12-14H,1H3. The lowest BCUT2D eigenvalue weighted by atomic mass is 9.65. The molecule has 0 aliphatic carbocycles. The molecule has 0 fully saturated rings. The van der Waals surface area contributed by atoms with Gasteiger partial charge >= 0.3 is 7.12 Å². The number of rotatable bonds is 1. The first kappa shape index (κ1) is 9.31. The van der Waals surface area contributed by atoms with Crippen molar-refractivity contribution in [3.63, 3.8) is 0 Å². The molecule has 1 unspecified atom stereocenters. The minimum Gasteiger partial charge on any atom is -0.425 e. The molecule has 0 saturated heterocycles. The number of benzene rings is 1. The van der Waals surface area contributed by atoms with Gasteiger partial charge in [0.15, 0.2) is 0 Å². The van der Waals surface area contributed by atoms with Crippen molar-refractivity contribution >= 4 is 18.9 Å². The SMILES string of the molecule is CC1(B(O)O)C=Cc2[c]cccc2N1. The topological polar surface area (TPSA) is 52.5 Å². The first-order chi connectivity index (χ1) is 6.62. The fourth-order valence-electron chi connectivity index (χ4n) is 1.44. The van der Waals surface area contributed by atoms with Crippen molar-refractivity contribution in [3.8, 4) is 0 Å². The Labute approximate surface area is 83.2 Å². The molecule has 1 radical (unpaired) electrons. The van der Waals surface area contributed by atoms with Gasteiger partial charge in [-0.1, -0.05) is 24.3 Å². The highest BCUT2D eigenvalue weighted by atomic mass is 16.4. The highest BCUT2D eigenvalue weighted by Gasteiger charge is 2.36. The third-order valence-corrected chi connectivity index (χ3v) is 2.42. The summed E-state index contributed by atoms with van der Waals surface area (Å²) in [5, 5.41) is 21.4. The van der Waals surface area contributed by atoms with E-state index >= 15 is 0 Å². The normalized spacial score (nSPS) is 23.9. The maximum Gasteiger partial charge on any atom is 0.482 e. The molecule has 1 aliphatic rings. The summed E-state index contributed by atoms with van der Waals surface area (Å²) in [6.45, 7) is 1.73. The summed E-state index contributed by atoms with van der Waals surface area (Å²) in [6.07, 6.45) is 3.57. The van der Waals surface area contributed by atoms with Crippen molar-refractivity contribution in [2.45, 2.75) is 12.4 Å². The van der Waals surface area contributed by atoms with Gasteiger partial charge in [0.2, 0.25) is 0 Å². The van der Waals surface area contributed by atoms with Crippen LogP contribution in [0.4, 0.5) is 5.69 Å². The van der Waals surface area contributed by atoms with Crippen LogP contribution in [0.2, 0.25) is 0 Å². The van der Waals surface area contributed by atoms with Gasteiger partial charge in [-0.15, -0.1) is 0 Å². The second kappa shape index (κ2) is 3.15. The van der Waals surface area contributed by atoms with Gasteiger partial charge in [0, 0.05) is 11.3 Å². The highest BCUT2D eigenvalue weighted by Crippen LogP contribution is 2.27. The van der Waals surface area contributed by atoms with Crippen LogP contribution in [0.15, 0.2) is 24.3 Å². The van der Waals surface area contributed by atoms with E-state index in [1.807, 2.05) is 24.3 Å². The van der Waals surface area contributed by atoms with E-state index in [0.717, 1.165) is 11.3 Å². The monoisotopic (exact) mass is 188 g/mol. The van der Waals surface area contributed by atoms with E-state index in [9.17, 15) is 10.0 Å². The first-order valence-corrected chi connectivity index (χ1v) is 4.46. The Morgan fingerprint density at radius 3 is 3.00 bits per heavy atom. The van der Waals surface area contributed by atoms with Crippen molar-refractivity contribution in [1.29, 1.82) is 0 Å². The van der Waals surface area contributed by atoms with E-state index in [1.54, 1.807) is 13.0 Å². The predicted octanol–water partition coefficient (Wildman–Crippen LogP) is 0.696. The second-order valence-corrected chi connectivity index (χ2v) is 3.61. The Hall–Kier alpha value is -1.26. The maximum absolute atomic E-state index is 9.19. The van der Waals surface area contributed by atoms with Crippen molar-refractivity contribution in [1.82, 2.24) is 0 Å². The average Bonchev–Trinajstić information content (AvgIpc) is 2.17. The summed E-state index contributed by atoms with van der Waals surface area (Å²) in [6, 6.07) is 8.62. The van der Waals surface area contributed by atoms with E-state index in [2.05, 4.69) is 11.4 Å². The number of hydrogen-bond acceptors (Lipinski definition) is 3. The van der Waals surface area contributed by atoms with E-state index in [-0.39, 0.29) is 0 Å². The van der Waals surface area contributed by atoms with E-state index in [0.29, 0.717) is 0 Å². The Morgan fingerprint density at radius 1 is 1.50 bits per heavy atom. The van der Waals surface area contributed by atoms with Crippen LogP contribution >= 0.6 is 0 Å². The minimum absolute atomic E-state index is 0.817. The van der Waals surface area contributed by atoms with Crippen LogP contribution in [0.3, 0.4) is 0 Å². The third kappa shape index (κ3) is 1.43. The van der Waals surface area contributed by atoms with Gasteiger partial charge in [-0.05, 0) is 19.1 Å². The van der Waals surface area contributed by atoms with Crippen LogP contribution in [-0.4, -0.2) is 22.6 Å². The van der Waals surface area contributed by atoms with Gasteiger partial charge < -0.3 is 15.4 Å². The first-order valence-electron chi connectivity index (χ1n) is 4.46. The van der Waals surface area contributed by atoms with Gasteiger partial charge in [0.1, 0.15) is 0 Å². The zero-order valence-corrected chi connectivity index (χ0v) is 7.86. The zero-order chi connectivity index (χ0) is 10.2. The minimum atomic E-state index is -1.42. The summed E-state index contributed by atoms with van der Waals surface area (Å²) in [4.78, 5) is 0. The molecule has 0 saturated carbocycles. The molecule has 1 aromatic rings. The smallest absolute Gasteiger partial charge is 0.425 e. The lowest BCUT2D eigenvalue weighted by Gasteiger charge is -2.31. The van der Waals surface area contributed by atoms with Crippen molar-refractivity contribution in [3.05, 3.63) is 35.9 Å². The molecule has 3 nitrogen and oxygen atoms in total. The van der Waals surface area contributed by atoms with E-state index < -0.39 is 12.6 Å². The van der Waals surface area contributed by atoms with Crippen LogP contribution in [0.25, 0.3) is 6.08 Å². The summed E-state index contributed by atoms with van der Waals surface area (Å²) in [5.74, 6) is 0. The van der Waals surface area contributed by atoms with Gasteiger partial charge in [-0.2, -0.15) is 0 Å². The number of hydrogen-bond donors (Lipinski definition) is 3. The third-order valence-electron chi connectivity index (χ3n) is 2.42. The summed E-state index contributed by atoms with van der Waals surface area (Å²) in [7, 11) is -1.42. The van der Waals surface area contributed by atoms with Crippen LogP contribution in [0.1, 0.15) is 12.5 Å². The highest BCUT2D eigenvalue weighted by molar-refractivity contribution is 6.47. The molecule has 0 aromatic heterocycles. The molecule has 0 spiro atoms. The van der Waals surface area contributed by atoms with Gasteiger partial charge in [0.25, 0.3) is 0 Å². The summed E-state index contributed by atoms with van der Waals surface area (Å²) in [5.41, 5.74) is 0.985. The molecule has 0 amide bonds. The van der Waals surface area contributed by atoms with E-state index in [1.165, 1.54) is 0 Å².